The maximum absolute atomic E-state index is 12.4. The fraction of sp³-hybridized carbons (Fsp3) is 0.720. The zero-order valence-electron chi connectivity index (χ0n) is 17.6. The van der Waals surface area contributed by atoms with Crippen LogP contribution in [0, 0.1) is 23.7 Å². The first-order chi connectivity index (χ1) is 13.5. The molecule has 3 aliphatic carbocycles. The summed E-state index contributed by atoms with van der Waals surface area (Å²) in [5, 5.41) is 3.34. The number of hydrogen-bond donors (Lipinski definition) is 1. The fourth-order valence-electron chi connectivity index (χ4n) is 6.93. The lowest BCUT2D eigenvalue weighted by Crippen LogP contribution is -2.44. The number of carbonyl (C=O) groups excluding carboxylic acids is 1. The lowest BCUT2D eigenvalue weighted by molar-refractivity contribution is -0.124. The third kappa shape index (κ3) is 3.20. The van der Waals surface area contributed by atoms with Gasteiger partial charge in [0.25, 0.3) is 0 Å². The number of fused-ring (bicyclic) bond motifs is 4. The van der Waals surface area contributed by atoms with E-state index in [4.69, 9.17) is 0 Å². The average Bonchev–Trinajstić information content (AvgIpc) is 3.39. The van der Waals surface area contributed by atoms with Gasteiger partial charge in [0.15, 0.2) is 0 Å². The van der Waals surface area contributed by atoms with Gasteiger partial charge in [-0.05, 0) is 80.5 Å². The molecule has 3 heteroatoms. The van der Waals surface area contributed by atoms with Crippen LogP contribution in [0.2, 0.25) is 0 Å². The topological polar surface area (TPSA) is 32.3 Å². The highest BCUT2D eigenvalue weighted by atomic mass is 16.1. The van der Waals surface area contributed by atoms with E-state index >= 15 is 0 Å². The minimum Gasteiger partial charge on any atom is -0.349 e. The smallest absolute Gasteiger partial charge is 0.223 e. The molecule has 1 saturated heterocycles. The molecule has 1 aromatic rings. The Bertz CT molecular complexity index is 734. The maximum Gasteiger partial charge on any atom is 0.223 e. The predicted octanol–water partition coefficient (Wildman–Crippen LogP) is 4.67. The summed E-state index contributed by atoms with van der Waals surface area (Å²) in [6.07, 6.45) is 9.61. The number of carbonyl (C=O) groups is 1. The second-order valence-electron chi connectivity index (χ2n) is 10.5. The molecule has 2 unspecified atom stereocenters. The van der Waals surface area contributed by atoms with Crippen molar-refractivity contribution in [3.8, 4) is 0 Å². The van der Waals surface area contributed by atoms with E-state index in [1.165, 1.54) is 69.3 Å². The summed E-state index contributed by atoms with van der Waals surface area (Å²) in [6.45, 7) is 7.77. The summed E-state index contributed by atoms with van der Waals surface area (Å²) in [6, 6.07) is 9.11. The summed E-state index contributed by atoms with van der Waals surface area (Å²) in [4.78, 5) is 15.1. The molecule has 1 heterocycles. The van der Waals surface area contributed by atoms with Crippen molar-refractivity contribution < 1.29 is 4.79 Å². The molecule has 1 aromatic carbocycles. The molecule has 2 saturated carbocycles. The normalized spacial score (nSPS) is 33.5. The number of benzene rings is 1. The molecule has 28 heavy (non-hydrogen) atoms. The third-order valence-electron chi connectivity index (χ3n) is 8.53. The number of likely N-dealkylation sites (tertiary alicyclic amines) is 1. The van der Waals surface area contributed by atoms with E-state index < -0.39 is 0 Å². The first kappa shape index (κ1) is 18.7. The van der Waals surface area contributed by atoms with Gasteiger partial charge in [0.05, 0.1) is 6.04 Å². The average molecular weight is 381 g/mol. The van der Waals surface area contributed by atoms with Gasteiger partial charge in [-0.1, -0.05) is 44.5 Å². The van der Waals surface area contributed by atoms with Crippen LogP contribution in [0.15, 0.2) is 24.3 Å². The lowest BCUT2D eigenvalue weighted by Gasteiger charge is -2.42. The molecule has 4 aliphatic rings. The molecule has 4 atom stereocenters. The summed E-state index contributed by atoms with van der Waals surface area (Å²) in [5.41, 5.74) is 3.16. The van der Waals surface area contributed by atoms with Crippen molar-refractivity contribution in [1.82, 2.24) is 10.2 Å². The molecule has 3 nitrogen and oxygen atoms in total. The highest BCUT2D eigenvalue weighted by Crippen LogP contribution is 2.52. The summed E-state index contributed by atoms with van der Waals surface area (Å²) >= 11 is 0. The minimum absolute atomic E-state index is 0.0484. The van der Waals surface area contributed by atoms with Crippen LogP contribution in [-0.4, -0.2) is 30.4 Å². The van der Waals surface area contributed by atoms with Crippen molar-refractivity contribution >= 4 is 5.91 Å². The third-order valence-corrected chi connectivity index (χ3v) is 8.53. The first-order valence-electron chi connectivity index (χ1n) is 11.7. The summed E-state index contributed by atoms with van der Waals surface area (Å²) in [5.74, 6) is 3.29. The zero-order valence-corrected chi connectivity index (χ0v) is 17.6. The fourth-order valence-corrected chi connectivity index (χ4v) is 6.93. The highest BCUT2D eigenvalue weighted by Gasteiger charge is 2.47. The molecule has 3 fully saturated rings. The monoisotopic (exact) mass is 380 g/mol. The van der Waals surface area contributed by atoms with E-state index in [-0.39, 0.29) is 23.3 Å². The van der Waals surface area contributed by atoms with Crippen LogP contribution in [0.4, 0.5) is 0 Å². The number of piperidine rings is 1. The molecule has 5 rings (SSSR count). The van der Waals surface area contributed by atoms with Crippen molar-refractivity contribution in [2.75, 3.05) is 19.6 Å². The van der Waals surface area contributed by atoms with E-state index in [1.807, 2.05) is 13.8 Å². The summed E-state index contributed by atoms with van der Waals surface area (Å²) in [7, 11) is 0. The number of nitrogens with zero attached hydrogens (tertiary/aromatic N) is 1. The van der Waals surface area contributed by atoms with E-state index in [9.17, 15) is 4.79 Å². The van der Waals surface area contributed by atoms with Crippen molar-refractivity contribution in [3.05, 3.63) is 35.4 Å². The molecule has 1 aliphatic heterocycles. The molecular weight excluding hydrogens is 344 g/mol. The van der Waals surface area contributed by atoms with Crippen LogP contribution in [0.5, 0.6) is 0 Å². The number of hydrogen-bond acceptors (Lipinski definition) is 2. The van der Waals surface area contributed by atoms with Crippen LogP contribution >= 0.6 is 0 Å². The Morgan fingerprint density at radius 2 is 1.96 bits per heavy atom. The van der Waals surface area contributed by atoms with E-state index in [0.717, 1.165) is 24.2 Å². The van der Waals surface area contributed by atoms with Gasteiger partial charge in [-0.25, -0.2) is 0 Å². The molecule has 1 spiro atoms. The molecule has 152 valence electrons. The Balaban J connectivity index is 1.26. The van der Waals surface area contributed by atoms with Crippen LogP contribution in [0.1, 0.15) is 76.0 Å². The molecule has 0 radical (unpaired) electrons. The van der Waals surface area contributed by atoms with E-state index in [0.29, 0.717) is 0 Å². The molecule has 2 bridgehead atoms. The Hall–Kier alpha value is -1.35. The van der Waals surface area contributed by atoms with Crippen LogP contribution < -0.4 is 5.32 Å². The number of nitrogens with one attached hydrogen (secondary N) is 1. The van der Waals surface area contributed by atoms with E-state index in [1.54, 1.807) is 0 Å². The second-order valence-corrected chi connectivity index (χ2v) is 10.5. The van der Waals surface area contributed by atoms with Gasteiger partial charge >= 0.3 is 0 Å². The Morgan fingerprint density at radius 1 is 1.18 bits per heavy atom. The largest absolute Gasteiger partial charge is 0.349 e. The second kappa shape index (κ2) is 7.16. The van der Waals surface area contributed by atoms with Crippen LogP contribution in [-0.2, 0) is 10.2 Å². The van der Waals surface area contributed by atoms with Gasteiger partial charge in [0.2, 0.25) is 5.91 Å². The molecule has 1 amide bonds. The van der Waals surface area contributed by atoms with Gasteiger partial charge < -0.3 is 10.2 Å². The van der Waals surface area contributed by atoms with Crippen molar-refractivity contribution in [3.63, 3.8) is 0 Å². The highest BCUT2D eigenvalue weighted by molar-refractivity contribution is 5.78. The molecular formula is C25H36N2O. The van der Waals surface area contributed by atoms with Crippen LogP contribution in [0.25, 0.3) is 0 Å². The SMILES string of the molecule is CC(C)C(=O)N[C@H]1CC2(CCN(C[C@H]3CC4CCC3C4)CC2)c2ccccc21. The molecule has 0 aromatic heterocycles. The van der Waals surface area contributed by atoms with Crippen molar-refractivity contribution in [2.45, 2.75) is 70.3 Å². The van der Waals surface area contributed by atoms with E-state index in [2.05, 4.69) is 34.5 Å². The predicted molar refractivity (Wildman–Crippen MR) is 113 cm³/mol. The number of rotatable bonds is 4. The quantitative estimate of drug-likeness (QED) is 0.823. The Labute approximate surface area is 170 Å². The Kier molecular flexibility index (Phi) is 4.77. The van der Waals surface area contributed by atoms with Gasteiger partial charge in [-0.3, -0.25) is 4.79 Å². The van der Waals surface area contributed by atoms with Gasteiger partial charge in [0.1, 0.15) is 0 Å². The van der Waals surface area contributed by atoms with Gasteiger partial charge in [-0.2, -0.15) is 0 Å². The van der Waals surface area contributed by atoms with Crippen LogP contribution in [0.3, 0.4) is 0 Å². The lowest BCUT2D eigenvalue weighted by atomic mass is 9.73. The Morgan fingerprint density at radius 3 is 2.64 bits per heavy atom. The first-order valence-corrected chi connectivity index (χ1v) is 11.7. The minimum atomic E-state index is 0.0484. The standard InChI is InChI=1S/C25H36N2O/c1-17(2)24(28)26-23-15-25(22-6-4-3-5-21(22)23)9-11-27(12-10-25)16-20-14-18-7-8-19(20)13-18/h3-6,17-20,23H,7-16H2,1-2H3,(H,26,28)/t18?,19?,20-,23+/m1/s1. The number of amides is 1. The van der Waals surface area contributed by atoms with Gasteiger partial charge in [0, 0.05) is 17.9 Å². The zero-order chi connectivity index (χ0) is 19.3. The molecule has 1 N–H and O–H groups in total. The van der Waals surface area contributed by atoms with Gasteiger partial charge in [-0.15, -0.1) is 0 Å². The maximum atomic E-state index is 12.4. The van der Waals surface area contributed by atoms with Crippen molar-refractivity contribution in [2.24, 2.45) is 23.7 Å². The van der Waals surface area contributed by atoms with Crippen molar-refractivity contribution in [1.29, 1.82) is 0 Å². The summed E-state index contributed by atoms with van der Waals surface area (Å²) < 4.78 is 0.